The molecule has 2 rings (SSSR count). The summed E-state index contributed by atoms with van der Waals surface area (Å²) in [4.78, 5) is 4.05. The van der Waals surface area contributed by atoms with Gasteiger partial charge in [-0.1, -0.05) is 0 Å². The Bertz CT molecular complexity index is 588. The van der Waals surface area contributed by atoms with Gasteiger partial charge in [0.05, 0.1) is 18.9 Å². The summed E-state index contributed by atoms with van der Waals surface area (Å²) in [6.07, 6.45) is 1.54. The molecule has 0 bridgehead atoms. The molecular formula is C13H11N3O2. The van der Waals surface area contributed by atoms with E-state index in [0.29, 0.717) is 28.6 Å². The molecule has 5 heteroatoms. The molecule has 18 heavy (non-hydrogen) atoms. The Kier molecular flexibility index (Phi) is 3.30. The number of nitrogen functional groups attached to an aromatic ring is 1. The van der Waals surface area contributed by atoms with Gasteiger partial charge in [0.1, 0.15) is 17.6 Å². The van der Waals surface area contributed by atoms with Crippen LogP contribution in [0, 0.1) is 11.3 Å². The van der Waals surface area contributed by atoms with Crippen molar-refractivity contribution in [1.82, 2.24) is 4.98 Å². The summed E-state index contributed by atoms with van der Waals surface area (Å²) >= 11 is 0. The summed E-state index contributed by atoms with van der Waals surface area (Å²) < 4.78 is 10.5. The van der Waals surface area contributed by atoms with Gasteiger partial charge in [-0.05, 0) is 24.3 Å². The number of aromatic nitrogens is 1. The lowest BCUT2D eigenvalue weighted by atomic mass is 10.2. The molecule has 1 aromatic heterocycles. The molecule has 0 spiro atoms. The minimum absolute atomic E-state index is 0.368. The Morgan fingerprint density at radius 1 is 1.28 bits per heavy atom. The Labute approximate surface area is 104 Å². The molecule has 1 heterocycles. The first kappa shape index (κ1) is 11.7. The number of nitrogens with two attached hydrogens (primary N) is 1. The molecule has 5 nitrogen and oxygen atoms in total. The zero-order chi connectivity index (χ0) is 13.0. The molecule has 0 aliphatic heterocycles. The van der Waals surface area contributed by atoms with E-state index in [1.54, 1.807) is 43.6 Å². The van der Waals surface area contributed by atoms with Crippen LogP contribution in [-0.2, 0) is 0 Å². The second kappa shape index (κ2) is 5.06. The van der Waals surface area contributed by atoms with Crippen LogP contribution in [0.2, 0.25) is 0 Å². The number of benzene rings is 1. The molecule has 0 amide bonds. The summed E-state index contributed by atoms with van der Waals surface area (Å²) in [5, 5.41) is 8.98. The first-order chi connectivity index (χ1) is 8.72. The topological polar surface area (TPSA) is 81.2 Å². The van der Waals surface area contributed by atoms with Crippen molar-refractivity contribution in [2.24, 2.45) is 0 Å². The smallest absolute Gasteiger partial charge is 0.219 e. The normalized spacial score (nSPS) is 9.56. The molecule has 0 aliphatic rings. The van der Waals surface area contributed by atoms with Crippen molar-refractivity contribution in [2.45, 2.75) is 0 Å². The van der Waals surface area contributed by atoms with Gasteiger partial charge in [0.25, 0.3) is 0 Å². The summed E-state index contributed by atoms with van der Waals surface area (Å²) in [5.41, 5.74) is 6.48. The number of pyridine rings is 1. The van der Waals surface area contributed by atoms with E-state index in [1.807, 2.05) is 6.07 Å². The van der Waals surface area contributed by atoms with Gasteiger partial charge in [-0.25, -0.2) is 4.98 Å². The molecule has 90 valence electrons. The zero-order valence-corrected chi connectivity index (χ0v) is 9.75. The predicted molar refractivity (Wildman–Crippen MR) is 66.4 cm³/mol. The van der Waals surface area contributed by atoms with Gasteiger partial charge in [0.15, 0.2) is 0 Å². The molecule has 0 saturated carbocycles. The van der Waals surface area contributed by atoms with Crippen molar-refractivity contribution in [3.63, 3.8) is 0 Å². The molecule has 0 radical (unpaired) electrons. The highest BCUT2D eigenvalue weighted by molar-refractivity contribution is 5.53. The molecule has 0 saturated heterocycles. The second-order valence-corrected chi connectivity index (χ2v) is 3.51. The highest BCUT2D eigenvalue weighted by Crippen LogP contribution is 2.26. The van der Waals surface area contributed by atoms with Gasteiger partial charge in [-0.3, -0.25) is 0 Å². The van der Waals surface area contributed by atoms with E-state index in [2.05, 4.69) is 4.98 Å². The van der Waals surface area contributed by atoms with Gasteiger partial charge in [0.2, 0.25) is 5.88 Å². The summed E-state index contributed by atoms with van der Waals surface area (Å²) in [6, 6.07) is 10.3. The molecule has 2 N–H and O–H groups in total. The Morgan fingerprint density at radius 2 is 2.11 bits per heavy atom. The third kappa shape index (κ3) is 2.50. The monoisotopic (exact) mass is 241 g/mol. The van der Waals surface area contributed by atoms with E-state index in [-0.39, 0.29) is 0 Å². The van der Waals surface area contributed by atoms with Crippen molar-refractivity contribution < 1.29 is 9.47 Å². The van der Waals surface area contributed by atoms with Crippen LogP contribution in [0.4, 0.5) is 5.69 Å². The molecule has 0 unspecified atom stereocenters. The fourth-order valence-electron chi connectivity index (χ4n) is 1.38. The van der Waals surface area contributed by atoms with Crippen LogP contribution >= 0.6 is 0 Å². The van der Waals surface area contributed by atoms with Crippen molar-refractivity contribution >= 4 is 5.69 Å². The molecule has 0 atom stereocenters. The van der Waals surface area contributed by atoms with Crippen molar-refractivity contribution in [2.75, 3.05) is 12.8 Å². The van der Waals surface area contributed by atoms with Crippen LogP contribution in [0.5, 0.6) is 17.4 Å². The molecule has 0 aliphatic carbocycles. The number of hydrogen-bond acceptors (Lipinski definition) is 5. The fraction of sp³-hybridized carbons (Fsp3) is 0.0769. The van der Waals surface area contributed by atoms with E-state index in [4.69, 9.17) is 20.5 Å². The first-order valence-corrected chi connectivity index (χ1v) is 5.20. The van der Waals surface area contributed by atoms with Crippen LogP contribution in [-0.4, -0.2) is 12.1 Å². The molecule has 1 aromatic carbocycles. The number of nitriles is 1. The number of ether oxygens (including phenoxy) is 2. The second-order valence-electron chi connectivity index (χ2n) is 3.51. The van der Waals surface area contributed by atoms with E-state index in [1.165, 1.54) is 0 Å². The standard InChI is InChI=1S/C13H11N3O2/c1-17-11-3-5-13(16-8-11)18-12-4-2-10(15)6-9(12)7-14/h2-6,8H,15H2,1H3. The highest BCUT2D eigenvalue weighted by atomic mass is 16.5. The average molecular weight is 241 g/mol. The molecule has 0 fully saturated rings. The van der Waals surface area contributed by atoms with Crippen LogP contribution < -0.4 is 15.2 Å². The minimum Gasteiger partial charge on any atom is -0.495 e. The maximum Gasteiger partial charge on any atom is 0.219 e. The van der Waals surface area contributed by atoms with Crippen molar-refractivity contribution in [3.8, 4) is 23.4 Å². The van der Waals surface area contributed by atoms with Gasteiger partial charge >= 0.3 is 0 Å². The average Bonchev–Trinajstić information content (AvgIpc) is 2.41. The number of hydrogen-bond donors (Lipinski definition) is 1. The highest BCUT2D eigenvalue weighted by Gasteiger charge is 2.06. The SMILES string of the molecule is COc1ccc(Oc2ccc(N)cc2C#N)nc1. The van der Waals surface area contributed by atoms with Crippen molar-refractivity contribution in [1.29, 1.82) is 5.26 Å². The van der Waals surface area contributed by atoms with Crippen LogP contribution in [0.1, 0.15) is 5.56 Å². The van der Waals surface area contributed by atoms with Gasteiger partial charge in [0, 0.05) is 11.8 Å². The summed E-state index contributed by atoms with van der Waals surface area (Å²) in [6.45, 7) is 0. The lowest BCUT2D eigenvalue weighted by Gasteiger charge is -2.07. The lowest BCUT2D eigenvalue weighted by molar-refractivity contribution is 0.407. The van der Waals surface area contributed by atoms with Gasteiger partial charge in [-0.2, -0.15) is 5.26 Å². The third-order valence-electron chi connectivity index (χ3n) is 2.28. The Balaban J connectivity index is 2.25. The van der Waals surface area contributed by atoms with E-state index in [9.17, 15) is 0 Å². The lowest BCUT2D eigenvalue weighted by Crippen LogP contribution is -1.93. The number of nitrogens with zero attached hydrogens (tertiary/aromatic N) is 2. The fourth-order valence-corrected chi connectivity index (χ4v) is 1.38. The minimum atomic E-state index is 0.368. The number of rotatable bonds is 3. The molecular weight excluding hydrogens is 230 g/mol. The first-order valence-electron chi connectivity index (χ1n) is 5.20. The zero-order valence-electron chi connectivity index (χ0n) is 9.75. The number of anilines is 1. The predicted octanol–water partition coefficient (Wildman–Crippen LogP) is 2.34. The summed E-state index contributed by atoms with van der Waals surface area (Å²) in [5.74, 6) is 1.45. The Hall–Kier alpha value is -2.74. The van der Waals surface area contributed by atoms with Crippen molar-refractivity contribution in [3.05, 3.63) is 42.1 Å². The van der Waals surface area contributed by atoms with E-state index >= 15 is 0 Å². The van der Waals surface area contributed by atoms with E-state index < -0.39 is 0 Å². The van der Waals surface area contributed by atoms with Crippen LogP contribution in [0.25, 0.3) is 0 Å². The Morgan fingerprint density at radius 3 is 2.72 bits per heavy atom. The van der Waals surface area contributed by atoms with Gasteiger partial charge in [-0.15, -0.1) is 0 Å². The maximum atomic E-state index is 8.98. The van der Waals surface area contributed by atoms with Gasteiger partial charge < -0.3 is 15.2 Å². The van der Waals surface area contributed by atoms with Crippen LogP contribution in [0.3, 0.4) is 0 Å². The van der Waals surface area contributed by atoms with E-state index in [0.717, 1.165) is 0 Å². The van der Waals surface area contributed by atoms with Crippen LogP contribution in [0.15, 0.2) is 36.5 Å². The quantitative estimate of drug-likeness (QED) is 0.834. The maximum absolute atomic E-state index is 8.98. The third-order valence-corrected chi connectivity index (χ3v) is 2.28. The summed E-state index contributed by atoms with van der Waals surface area (Å²) in [7, 11) is 1.56. The number of methoxy groups -OCH3 is 1. The largest absolute Gasteiger partial charge is 0.495 e. The molecule has 2 aromatic rings.